The topological polar surface area (TPSA) is 37.8 Å². The number of alkyl halides is 1. The lowest BCUT2D eigenvalue weighted by Crippen LogP contribution is -2.36. The van der Waals surface area contributed by atoms with Crippen LogP contribution in [0.1, 0.15) is 12.8 Å². The molecule has 1 aliphatic carbocycles. The van der Waals surface area contributed by atoms with E-state index in [9.17, 15) is 0 Å². The number of halogens is 1. The number of anilines is 1. The summed E-state index contributed by atoms with van der Waals surface area (Å²) in [5, 5.41) is 3.62. The van der Waals surface area contributed by atoms with Crippen molar-refractivity contribution in [2.45, 2.75) is 24.3 Å². The first-order chi connectivity index (χ1) is 5.84. The molecule has 3 nitrogen and oxygen atoms in total. The van der Waals surface area contributed by atoms with Crippen molar-refractivity contribution in [1.82, 2.24) is 9.97 Å². The van der Waals surface area contributed by atoms with Crippen molar-refractivity contribution in [2.24, 2.45) is 0 Å². The van der Waals surface area contributed by atoms with Gasteiger partial charge in [-0.05, 0) is 18.9 Å². The minimum Gasteiger partial charge on any atom is -0.367 e. The minimum absolute atomic E-state index is 0.351. The monoisotopic (exact) mass is 183 g/mol. The summed E-state index contributed by atoms with van der Waals surface area (Å²) < 4.78 is 0. The summed E-state index contributed by atoms with van der Waals surface area (Å²) in [6.07, 6.45) is 5.34. The summed E-state index contributed by atoms with van der Waals surface area (Å²) in [5.41, 5.74) is 0. The second-order valence-corrected chi connectivity index (χ2v) is 3.62. The van der Waals surface area contributed by atoms with Crippen molar-refractivity contribution in [3.63, 3.8) is 0 Å². The molecule has 1 heterocycles. The highest BCUT2D eigenvalue weighted by Gasteiger charge is 2.26. The molecule has 1 aromatic rings. The zero-order valence-electron chi connectivity index (χ0n) is 6.57. The van der Waals surface area contributed by atoms with E-state index in [0.717, 1.165) is 18.7 Å². The van der Waals surface area contributed by atoms with Crippen LogP contribution in [0.5, 0.6) is 0 Å². The Bertz CT molecular complexity index is 246. The van der Waals surface area contributed by atoms with E-state index in [-0.39, 0.29) is 0 Å². The van der Waals surface area contributed by atoms with Crippen molar-refractivity contribution in [3.05, 3.63) is 18.6 Å². The van der Waals surface area contributed by atoms with E-state index in [1.165, 1.54) is 0 Å². The average Bonchev–Trinajstić information content (AvgIpc) is 2.04. The Labute approximate surface area is 76.2 Å². The zero-order chi connectivity index (χ0) is 8.39. The molecule has 0 atom stereocenters. The smallest absolute Gasteiger partial charge is 0.129 e. The van der Waals surface area contributed by atoms with E-state index in [4.69, 9.17) is 11.6 Å². The van der Waals surface area contributed by atoms with Crippen LogP contribution >= 0.6 is 11.6 Å². The molecule has 0 saturated heterocycles. The first kappa shape index (κ1) is 7.80. The Balaban J connectivity index is 1.88. The third kappa shape index (κ3) is 1.67. The molecule has 0 unspecified atom stereocenters. The molecule has 4 heteroatoms. The number of hydrogen-bond acceptors (Lipinski definition) is 3. The number of nitrogens with one attached hydrogen (secondary N) is 1. The number of hydrogen-bond donors (Lipinski definition) is 1. The van der Waals surface area contributed by atoms with Gasteiger partial charge in [0.2, 0.25) is 0 Å². The third-order valence-corrected chi connectivity index (χ3v) is 2.37. The van der Waals surface area contributed by atoms with Crippen LogP contribution < -0.4 is 5.32 Å². The molecule has 1 aliphatic rings. The van der Waals surface area contributed by atoms with Gasteiger partial charge in [-0.25, -0.2) is 9.97 Å². The largest absolute Gasteiger partial charge is 0.367 e. The molecule has 1 saturated carbocycles. The van der Waals surface area contributed by atoms with Crippen LogP contribution in [0.2, 0.25) is 0 Å². The van der Waals surface area contributed by atoms with Crippen LogP contribution in [0, 0.1) is 0 Å². The molecule has 1 N–H and O–H groups in total. The van der Waals surface area contributed by atoms with E-state index in [1.54, 1.807) is 12.5 Å². The lowest BCUT2D eigenvalue weighted by atomic mass is 9.92. The molecule has 0 bridgehead atoms. The Hall–Kier alpha value is -0.830. The Morgan fingerprint density at radius 2 is 2.33 bits per heavy atom. The average molecular weight is 184 g/mol. The van der Waals surface area contributed by atoms with E-state index in [2.05, 4.69) is 15.3 Å². The second kappa shape index (κ2) is 3.27. The van der Waals surface area contributed by atoms with Gasteiger partial charge in [0.05, 0.1) is 0 Å². The van der Waals surface area contributed by atoms with Crippen molar-refractivity contribution < 1.29 is 0 Å². The predicted octanol–water partition coefficient (Wildman–Crippen LogP) is 1.66. The molecular weight excluding hydrogens is 174 g/mol. The van der Waals surface area contributed by atoms with E-state index in [0.29, 0.717) is 11.4 Å². The highest BCUT2D eigenvalue weighted by atomic mass is 35.5. The van der Waals surface area contributed by atoms with Crippen LogP contribution in [0.25, 0.3) is 0 Å². The number of aromatic nitrogens is 2. The van der Waals surface area contributed by atoms with Crippen molar-refractivity contribution in [2.75, 3.05) is 5.32 Å². The molecule has 1 aromatic heterocycles. The fourth-order valence-corrected chi connectivity index (χ4v) is 1.68. The maximum absolute atomic E-state index is 5.84. The predicted molar refractivity (Wildman–Crippen MR) is 48.3 cm³/mol. The van der Waals surface area contributed by atoms with Crippen LogP contribution in [0.3, 0.4) is 0 Å². The van der Waals surface area contributed by atoms with Gasteiger partial charge < -0.3 is 5.32 Å². The van der Waals surface area contributed by atoms with Gasteiger partial charge >= 0.3 is 0 Å². The van der Waals surface area contributed by atoms with Gasteiger partial charge in [0.25, 0.3) is 0 Å². The van der Waals surface area contributed by atoms with Gasteiger partial charge in [-0.3, -0.25) is 0 Å². The van der Waals surface area contributed by atoms with Crippen LogP contribution in [-0.2, 0) is 0 Å². The summed E-state index contributed by atoms with van der Waals surface area (Å²) in [4.78, 5) is 7.89. The summed E-state index contributed by atoms with van der Waals surface area (Å²) in [6.45, 7) is 0. The third-order valence-electron chi connectivity index (χ3n) is 2.01. The standard InChI is InChI=1S/C8H10ClN3/c9-6-3-7(4-6)12-8-1-2-10-5-11-8/h1-2,5-7H,3-4H2,(H,10,11,12). The zero-order valence-corrected chi connectivity index (χ0v) is 7.33. The van der Waals surface area contributed by atoms with Crippen LogP contribution in [0.4, 0.5) is 5.82 Å². The van der Waals surface area contributed by atoms with Gasteiger partial charge in [-0.15, -0.1) is 11.6 Å². The van der Waals surface area contributed by atoms with E-state index < -0.39 is 0 Å². The number of rotatable bonds is 2. The highest BCUT2D eigenvalue weighted by Crippen LogP contribution is 2.27. The molecule has 0 radical (unpaired) electrons. The summed E-state index contributed by atoms with van der Waals surface area (Å²) in [7, 11) is 0. The molecule has 1 fully saturated rings. The molecule has 0 spiro atoms. The van der Waals surface area contributed by atoms with Crippen LogP contribution in [-0.4, -0.2) is 21.4 Å². The molecule has 0 aromatic carbocycles. The first-order valence-corrected chi connectivity index (χ1v) is 4.45. The summed E-state index contributed by atoms with van der Waals surface area (Å²) >= 11 is 5.84. The highest BCUT2D eigenvalue weighted by molar-refractivity contribution is 6.21. The van der Waals surface area contributed by atoms with E-state index in [1.807, 2.05) is 6.07 Å². The normalized spacial score (nSPS) is 27.8. The molecule has 0 aliphatic heterocycles. The Kier molecular flexibility index (Phi) is 2.13. The Morgan fingerprint density at radius 3 is 2.92 bits per heavy atom. The molecule has 12 heavy (non-hydrogen) atoms. The summed E-state index contributed by atoms with van der Waals surface area (Å²) in [6, 6.07) is 2.36. The second-order valence-electron chi connectivity index (χ2n) is 3.00. The maximum Gasteiger partial charge on any atom is 0.129 e. The molecular formula is C8H10ClN3. The van der Waals surface area contributed by atoms with Gasteiger partial charge in [0.15, 0.2) is 0 Å². The lowest BCUT2D eigenvalue weighted by molar-refractivity contribution is 0.453. The maximum atomic E-state index is 5.84. The lowest BCUT2D eigenvalue weighted by Gasteiger charge is -2.31. The van der Waals surface area contributed by atoms with E-state index >= 15 is 0 Å². The SMILES string of the molecule is ClC1CC(Nc2ccncn2)C1. The van der Waals surface area contributed by atoms with Crippen molar-refractivity contribution in [1.29, 1.82) is 0 Å². The van der Waals surface area contributed by atoms with Crippen LogP contribution in [0.15, 0.2) is 18.6 Å². The minimum atomic E-state index is 0.351. The van der Waals surface area contributed by atoms with Gasteiger partial charge in [0.1, 0.15) is 12.1 Å². The Morgan fingerprint density at radius 1 is 1.50 bits per heavy atom. The fraction of sp³-hybridized carbons (Fsp3) is 0.500. The number of nitrogens with zero attached hydrogens (tertiary/aromatic N) is 2. The van der Waals surface area contributed by atoms with Crippen molar-refractivity contribution in [3.8, 4) is 0 Å². The summed E-state index contributed by atoms with van der Waals surface area (Å²) in [5.74, 6) is 0.888. The van der Waals surface area contributed by atoms with Gasteiger partial charge in [-0.1, -0.05) is 0 Å². The molecule has 64 valence electrons. The quantitative estimate of drug-likeness (QED) is 0.709. The van der Waals surface area contributed by atoms with Crippen molar-refractivity contribution >= 4 is 17.4 Å². The fourth-order valence-electron chi connectivity index (χ4n) is 1.25. The first-order valence-electron chi connectivity index (χ1n) is 4.01. The van der Waals surface area contributed by atoms with Gasteiger partial charge in [0, 0.05) is 17.6 Å². The molecule has 0 amide bonds. The molecule has 2 rings (SSSR count). The van der Waals surface area contributed by atoms with Gasteiger partial charge in [-0.2, -0.15) is 0 Å².